The quantitative estimate of drug-likeness (QED) is 0.853. The van der Waals surface area contributed by atoms with Crippen LogP contribution in [0.5, 0.6) is 0 Å². The maximum absolute atomic E-state index is 11.9. The van der Waals surface area contributed by atoms with Crippen LogP contribution in [-0.4, -0.2) is 45.4 Å². The van der Waals surface area contributed by atoms with E-state index in [2.05, 4.69) is 15.5 Å². The van der Waals surface area contributed by atoms with Gasteiger partial charge in [0.15, 0.2) is 0 Å². The van der Waals surface area contributed by atoms with Crippen LogP contribution in [0.1, 0.15) is 24.8 Å². The number of nitrogens with one attached hydrogen (secondary N) is 1. The fourth-order valence-electron chi connectivity index (χ4n) is 2.10. The van der Waals surface area contributed by atoms with Crippen molar-refractivity contribution in [2.45, 2.75) is 32.8 Å². The number of carbonyl (C=O) groups is 1. The van der Waals surface area contributed by atoms with E-state index in [-0.39, 0.29) is 12.1 Å². The van der Waals surface area contributed by atoms with E-state index in [0.717, 1.165) is 17.8 Å². The summed E-state index contributed by atoms with van der Waals surface area (Å²) in [6.45, 7) is 5.02. The van der Waals surface area contributed by atoms with Crippen molar-refractivity contribution in [3.05, 3.63) is 5.01 Å². The number of carbonyl (C=O) groups excluding carboxylic acids is 1. The molecule has 0 radical (unpaired) electrons. The van der Waals surface area contributed by atoms with Gasteiger partial charge >= 0.3 is 6.03 Å². The molecule has 0 saturated carbocycles. The number of aromatic nitrogens is 2. The number of aliphatic hydroxyl groups excluding tert-OH is 1. The van der Waals surface area contributed by atoms with Gasteiger partial charge in [-0.15, -0.1) is 10.2 Å². The summed E-state index contributed by atoms with van der Waals surface area (Å²) in [6.07, 6.45) is 1.40. The van der Waals surface area contributed by atoms with Gasteiger partial charge in [0, 0.05) is 13.1 Å². The molecule has 2 amide bonds. The molecule has 2 N–H and O–H groups in total. The molecule has 100 valence electrons. The third-order valence-electron chi connectivity index (χ3n) is 3.25. The van der Waals surface area contributed by atoms with Crippen molar-refractivity contribution in [3.8, 4) is 0 Å². The van der Waals surface area contributed by atoms with E-state index in [1.54, 1.807) is 4.90 Å². The van der Waals surface area contributed by atoms with Gasteiger partial charge in [-0.3, -0.25) is 5.32 Å². The number of hydrogen-bond acceptors (Lipinski definition) is 5. The summed E-state index contributed by atoms with van der Waals surface area (Å²) < 4.78 is 0. The van der Waals surface area contributed by atoms with E-state index in [1.807, 2.05) is 13.8 Å². The highest BCUT2D eigenvalue weighted by molar-refractivity contribution is 7.15. The van der Waals surface area contributed by atoms with Crippen molar-refractivity contribution in [2.24, 2.45) is 5.92 Å². The Hall–Kier alpha value is -1.21. The lowest BCUT2D eigenvalue weighted by atomic mass is 9.92. The molecule has 0 bridgehead atoms. The lowest BCUT2D eigenvalue weighted by Crippen LogP contribution is -2.42. The molecular weight excluding hydrogens is 252 g/mol. The summed E-state index contributed by atoms with van der Waals surface area (Å²) in [5.74, 6) is 0.304. The standard InChI is InChI=1S/C11H18N4O2S/c1-7(16)9-3-5-15(6-4-9)11(17)12-10-14-13-8(2)18-10/h7,9,16H,3-6H2,1-2H3,(H,12,14,17). The van der Waals surface area contributed by atoms with Gasteiger partial charge in [0.1, 0.15) is 5.01 Å². The number of urea groups is 1. The SMILES string of the molecule is Cc1nnc(NC(=O)N2CCC(C(C)O)CC2)s1. The molecular formula is C11H18N4O2S. The summed E-state index contributed by atoms with van der Waals surface area (Å²) in [7, 11) is 0. The van der Waals surface area contributed by atoms with Crippen LogP contribution in [0.15, 0.2) is 0 Å². The number of piperidine rings is 1. The maximum Gasteiger partial charge on any atom is 0.323 e. The Morgan fingerprint density at radius 3 is 2.67 bits per heavy atom. The van der Waals surface area contributed by atoms with E-state index in [0.29, 0.717) is 24.1 Å². The first-order valence-electron chi connectivity index (χ1n) is 6.10. The highest BCUT2D eigenvalue weighted by Crippen LogP contribution is 2.21. The minimum absolute atomic E-state index is 0.129. The van der Waals surface area contributed by atoms with Crippen LogP contribution in [0.3, 0.4) is 0 Å². The Morgan fingerprint density at radius 1 is 1.50 bits per heavy atom. The second kappa shape index (κ2) is 5.62. The third-order valence-corrected chi connectivity index (χ3v) is 4.00. The van der Waals surface area contributed by atoms with Gasteiger partial charge in [-0.25, -0.2) is 4.79 Å². The lowest BCUT2D eigenvalue weighted by molar-refractivity contribution is 0.0820. The summed E-state index contributed by atoms with van der Waals surface area (Å²) in [6, 6.07) is -0.129. The lowest BCUT2D eigenvalue weighted by Gasteiger charge is -2.32. The first-order chi connectivity index (χ1) is 8.56. The number of aryl methyl sites for hydroxylation is 1. The summed E-state index contributed by atoms with van der Waals surface area (Å²) in [4.78, 5) is 13.7. The number of hydrogen-bond donors (Lipinski definition) is 2. The molecule has 1 atom stereocenters. The van der Waals surface area contributed by atoms with Crippen LogP contribution >= 0.6 is 11.3 Å². The smallest absolute Gasteiger partial charge is 0.323 e. The molecule has 0 spiro atoms. The minimum atomic E-state index is -0.291. The Labute approximate surface area is 110 Å². The predicted octanol–water partition coefficient (Wildman–Crippen LogP) is 1.47. The molecule has 18 heavy (non-hydrogen) atoms. The zero-order valence-corrected chi connectivity index (χ0v) is 11.4. The summed E-state index contributed by atoms with van der Waals surface area (Å²) >= 11 is 1.36. The second-order valence-electron chi connectivity index (χ2n) is 4.62. The maximum atomic E-state index is 11.9. The van der Waals surface area contributed by atoms with Gasteiger partial charge < -0.3 is 10.0 Å². The van der Waals surface area contributed by atoms with Crippen molar-refractivity contribution in [2.75, 3.05) is 18.4 Å². The van der Waals surface area contributed by atoms with Gasteiger partial charge in [-0.2, -0.15) is 0 Å². The molecule has 1 aromatic heterocycles. The highest BCUT2D eigenvalue weighted by atomic mass is 32.1. The Bertz CT molecular complexity index is 413. The molecule has 1 unspecified atom stereocenters. The average molecular weight is 270 g/mol. The van der Waals surface area contributed by atoms with Gasteiger partial charge in [-0.05, 0) is 32.6 Å². The molecule has 1 fully saturated rings. The normalized spacial score (nSPS) is 18.7. The number of rotatable bonds is 2. The van der Waals surface area contributed by atoms with Gasteiger partial charge in [-0.1, -0.05) is 11.3 Å². The van der Waals surface area contributed by atoms with Crippen LogP contribution in [0.25, 0.3) is 0 Å². The van der Waals surface area contributed by atoms with E-state index in [4.69, 9.17) is 0 Å². The third kappa shape index (κ3) is 3.17. The van der Waals surface area contributed by atoms with Crippen LogP contribution < -0.4 is 5.32 Å². The highest BCUT2D eigenvalue weighted by Gasteiger charge is 2.25. The van der Waals surface area contributed by atoms with Gasteiger partial charge in [0.2, 0.25) is 5.13 Å². The average Bonchev–Trinajstić information content (AvgIpc) is 2.75. The van der Waals surface area contributed by atoms with E-state index < -0.39 is 0 Å². The Morgan fingerprint density at radius 2 is 2.17 bits per heavy atom. The fourth-order valence-corrected chi connectivity index (χ4v) is 2.68. The second-order valence-corrected chi connectivity index (χ2v) is 5.80. The van der Waals surface area contributed by atoms with Gasteiger partial charge in [0.25, 0.3) is 0 Å². The monoisotopic (exact) mass is 270 g/mol. The van der Waals surface area contributed by atoms with Crippen molar-refractivity contribution < 1.29 is 9.90 Å². The molecule has 2 heterocycles. The molecule has 1 saturated heterocycles. The largest absolute Gasteiger partial charge is 0.393 e. The molecule has 7 heteroatoms. The summed E-state index contributed by atoms with van der Waals surface area (Å²) in [5.41, 5.74) is 0. The number of aliphatic hydroxyl groups is 1. The number of amides is 2. The van der Waals surface area contributed by atoms with Crippen molar-refractivity contribution in [1.82, 2.24) is 15.1 Å². The van der Waals surface area contributed by atoms with Crippen LogP contribution in [0.2, 0.25) is 0 Å². The zero-order chi connectivity index (χ0) is 13.1. The minimum Gasteiger partial charge on any atom is -0.393 e. The van der Waals surface area contributed by atoms with Crippen molar-refractivity contribution in [1.29, 1.82) is 0 Å². The first kappa shape index (κ1) is 13.2. The number of likely N-dealkylation sites (tertiary alicyclic amines) is 1. The summed E-state index contributed by atoms with van der Waals surface area (Å²) in [5, 5.41) is 21.3. The van der Waals surface area contributed by atoms with Crippen LogP contribution in [-0.2, 0) is 0 Å². The van der Waals surface area contributed by atoms with E-state index in [9.17, 15) is 9.90 Å². The topological polar surface area (TPSA) is 78.4 Å². The van der Waals surface area contributed by atoms with E-state index in [1.165, 1.54) is 11.3 Å². The predicted molar refractivity (Wildman–Crippen MR) is 69.6 cm³/mol. The molecule has 1 aromatic rings. The zero-order valence-electron chi connectivity index (χ0n) is 10.6. The van der Waals surface area contributed by atoms with Crippen LogP contribution in [0.4, 0.5) is 9.93 Å². The fraction of sp³-hybridized carbons (Fsp3) is 0.727. The van der Waals surface area contributed by atoms with Crippen molar-refractivity contribution in [3.63, 3.8) is 0 Å². The Kier molecular flexibility index (Phi) is 4.13. The molecule has 1 aliphatic rings. The Balaban J connectivity index is 1.84. The molecule has 1 aliphatic heterocycles. The first-order valence-corrected chi connectivity index (χ1v) is 6.92. The van der Waals surface area contributed by atoms with Crippen LogP contribution in [0, 0.1) is 12.8 Å². The molecule has 0 aliphatic carbocycles. The van der Waals surface area contributed by atoms with E-state index >= 15 is 0 Å². The number of anilines is 1. The number of nitrogens with zero attached hydrogens (tertiary/aromatic N) is 3. The molecule has 2 rings (SSSR count). The van der Waals surface area contributed by atoms with Crippen molar-refractivity contribution >= 4 is 22.5 Å². The molecule has 0 aromatic carbocycles. The van der Waals surface area contributed by atoms with Gasteiger partial charge in [0.05, 0.1) is 6.10 Å². The molecule has 6 nitrogen and oxygen atoms in total.